The maximum atomic E-state index is 5.77. The van der Waals surface area contributed by atoms with Crippen molar-refractivity contribution < 1.29 is 4.74 Å². The fraction of sp³-hybridized carbons (Fsp3) is 0.750. The number of ether oxygens (including phenoxy) is 1. The molecule has 2 heterocycles. The van der Waals surface area contributed by atoms with Crippen molar-refractivity contribution in [1.29, 1.82) is 0 Å². The van der Waals surface area contributed by atoms with Crippen molar-refractivity contribution in [2.45, 2.75) is 45.8 Å². The Morgan fingerprint density at radius 1 is 1.56 bits per heavy atom. The largest absolute Gasteiger partial charge is 0.371 e. The zero-order chi connectivity index (χ0) is 11.5. The van der Waals surface area contributed by atoms with Crippen molar-refractivity contribution in [3.8, 4) is 0 Å². The van der Waals surface area contributed by atoms with Crippen LogP contribution < -0.4 is 5.73 Å². The average molecular weight is 240 g/mol. The second kappa shape index (κ2) is 5.25. The van der Waals surface area contributed by atoms with Gasteiger partial charge >= 0.3 is 0 Å². The SMILES string of the molecule is CC(C)Cc1nc(C2CCCO2)sc1CN. The molecular weight excluding hydrogens is 220 g/mol. The highest BCUT2D eigenvalue weighted by Crippen LogP contribution is 2.33. The number of aromatic nitrogens is 1. The Kier molecular flexibility index (Phi) is 3.95. The van der Waals surface area contributed by atoms with Crippen LogP contribution in [-0.4, -0.2) is 11.6 Å². The van der Waals surface area contributed by atoms with Gasteiger partial charge in [-0.3, -0.25) is 0 Å². The van der Waals surface area contributed by atoms with Gasteiger partial charge in [0.2, 0.25) is 0 Å². The summed E-state index contributed by atoms with van der Waals surface area (Å²) in [6.07, 6.45) is 3.52. The van der Waals surface area contributed by atoms with Gasteiger partial charge in [0.1, 0.15) is 11.1 Å². The van der Waals surface area contributed by atoms with E-state index >= 15 is 0 Å². The highest BCUT2D eigenvalue weighted by Gasteiger charge is 2.23. The van der Waals surface area contributed by atoms with Crippen LogP contribution in [0, 0.1) is 5.92 Å². The number of nitrogens with zero attached hydrogens (tertiary/aromatic N) is 1. The van der Waals surface area contributed by atoms with Crippen LogP contribution in [0.5, 0.6) is 0 Å². The molecule has 0 saturated carbocycles. The third-order valence-electron chi connectivity index (χ3n) is 2.79. The minimum atomic E-state index is 0.233. The van der Waals surface area contributed by atoms with E-state index in [1.165, 1.54) is 10.6 Å². The normalized spacial score (nSPS) is 20.9. The summed E-state index contributed by atoms with van der Waals surface area (Å²) in [7, 11) is 0. The van der Waals surface area contributed by atoms with E-state index in [0.717, 1.165) is 30.9 Å². The first-order valence-corrected chi connectivity index (χ1v) is 6.82. The van der Waals surface area contributed by atoms with Crippen LogP contribution in [0.15, 0.2) is 0 Å². The molecule has 2 rings (SSSR count). The first-order chi connectivity index (χ1) is 7.70. The Labute approximate surface area is 101 Å². The highest BCUT2D eigenvalue weighted by atomic mass is 32.1. The van der Waals surface area contributed by atoms with Crippen molar-refractivity contribution in [1.82, 2.24) is 4.98 Å². The van der Waals surface area contributed by atoms with E-state index in [2.05, 4.69) is 13.8 Å². The van der Waals surface area contributed by atoms with Gasteiger partial charge in [0, 0.05) is 18.0 Å². The summed E-state index contributed by atoms with van der Waals surface area (Å²) in [5, 5.41) is 1.13. The third-order valence-corrected chi connectivity index (χ3v) is 4.00. The molecule has 1 aromatic rings. The number of hydrogen-bond acceptors (Lipinski definition) is 4. The molecule has 90 valence electrons. The summed E-state index contributed by atoms with van der Waals surface area (Å²) in [6, 6.07) is 0. The summed E-state index contributed by atoms with van der Waals surface area (Å²) < 4.78 is 5.66. The molecule has 1 saturated heterocycles. The van der Waals surface area contributed by atoms with Gasteiger partial charge in [-0.15, -0.1) is 11.3 Å². The van der Waals surface area contributed by atoms with Gasteiger partial charge in [0.15, 0.2) is 0 Å². The lowest BCUT2D eigenvalue weighted by atomic mass is 10.1. The Balaban J connectivity index is 2.17. The highest BCUT2D eigenvalue weighted by molar-refractivity contribution is 7.11. The fourth-order valence-corrected chi connectivity index (χ4v) is 3.07. The molecule has 1 aliphatic rings. The summed E-state index contributed by atoms with van der Waals surface area (Å²) in [5.41, 5.74) is 6.96. The molecule has 0 amide bonds. The quantitative estimate of drug-likeness (QED) is 0.880. The van der Waals surface area contributed by atoms with Crippen LogP contribution in [0.1, 0.15) is 48.4 Å². The first kappa shape index (κ1) is 12.0. The number of hydrogen-bond donors (Lipinski definition) is 1. The molecule has 2 N–H and O–H groups in total. The van der Waals surface area contributed by atoms with Gasteiger partial charge < -0.3 is 10.5 Å². The summed E-state index contributed by atoms with van der Waals surface area (Å²) >= 11 is 1.74. The Hall–Kier alpha value is -0.450. The molecule has 0 aromatic carbocycles. The van der Waals surface area contributed by atoms with E-state index in [4.69, 9.17) is 15.5 Å². The van der Waals surface area contributed by atoms with Crippen molar-refractivity contribution in [2.75, 3.05) is 6.61 Å². The smallest absolute Gasteiger partial charge is 0.122 e. The van der Waals surface area contributed by atoms with Gasteiger partial charge in [0.25, 0.3) is 0 Å². The molecule has 0 bridgehead atoms. The van der Waals surface area contributed by atoms with Crippen LogP contribution in [0.3, 0.4) is 0 Å². The minimum absolute atomic E-state index is 0.233. The molecular formula is C12H20N2OS. The second-order valence-electron chi connectivity index (χ2n) is 4.73. The van der Waals surface area contributed by atoms with E-state index in [-0.39, 0.29) is 6.10 Å². The molecule has 0 spiro atoms. The summed E-state index contributed by atoms with van der Waals surface area (Å²) in [4.78, 5) is 5.95. The molecule has 1 aliphatic heterocycles. The topological polar surface area (TPSA) is 48.1 Å². The van der Waals surface area contributed by atoms with E-state index < -0.39 is 0 Å². The standard InChI is InChI=1S/C12H20N2OS/c1-8(2)6-9-11(7-13)16-12(14-9)10-4-3-5-15-10/h8,10H,3-7,13H2,1-2H3. The first-order valence-electron chi connectivity index (χ1n) is 6.01. The molecule has 1 unspecified atom stereocenters. The predicted octanol–water partition coefficient (Wildman–Crippen LogP) is 2.65. The average Bonchev–Trinajstić information content (AvgIpc) is 2.83. The van der Waals surface area contributed by atoms with Crippen molar-refractivity contribution in [3.63, 3.8) is 0 Å². The van der Waals surface area contributed by atoms with Crippen LogP contribution in [0.4, 0.5) is 0 Å². The molecule has 0 radical (unpaired) electrons. The molecule has 4 heteroatoms. The Bertz CT molecular complexity index is 343. The number of thiazole rings is 1. The predicted molar refractivity (Wildman–Crippen MR) is 66.5 cm³/mol. The van der Waals surface area contributed by atoms with Gasteiger partial charge in [0.05, 0.1) is 5.69 Å². The van der Waals surface area contributed by atoms with Gasteiger partial charge in [-0.2, -0.15) is 0 Å². The van der Waals surface area contributed by atoms with E-state index in [1.807, 2.05) is 0 Å². The second-order valence-corrected chi connectivity index (χ2v) is 5.84. The molecule has 1 aromatic heterocycles. The zero-order valence-electron chi connectivity index (χ0n) is 10.0. The lowest BCUT2D eigenvalue weighted by Gasteiger charge is -2.04. The monoisotopic (exact) mass is 240 g/mol. The molecule has 16 heavy (non-hydrogen) atoms. The lowest BCUT2D eigenvalue weighted by Crippen LogP contribution is -2.02. The molecule has 1 atom stereocenters. The van der Waals surface area contributed by atoms with Crippen LogP contribution in [-0.2, 0) is 17.7 Å². The third kappa shape index (κ3) is 2.62. The number of nitrogens with two attached hydrogens (primary N) is 1. The van der Waals surface area contributed by atoms with Crippen molar-refractivity contribution in [3.05, 3.63) is 15.6 Å². The fourth-order valence-electron chi connectivity index (χ4n) is 2.02. The van der Waals surface area contributed by atoms with Crippen molar-refractivity contribution in [2.24, 2.45) is 11.7 Å². The van der Waals surface area contributed by atoms with Crippen molar-refractivity contribution >= 4 is 11.3 Å². The van der Waals surface area contributed by atoms with Crippen LogP contribution in [0.2, 0.25) is 0 Å². The molecule has 1 fully saturated rings. The van der Waals surface area contributed by atoms with Crippen LogP contribution >= 0.6 is 11.3 Å². The zero-order valence-corrected chi connectivity index (χ0v) is 10.8. The maximum Gasteiger partial charge on any atom is 0.122 e. The minimum Gasteiger partial charge on any atom is -0.371 e. The van der Waals surface area contributed by atoms with Gasteiger partial charge in [-0.25, -0.2) is 4.98 Å². The Morgan fingerprint density at radius 3 is 2.94 bits per heavy atom. The number of rotatable bonds is 4. The van der Waals surface area contributed by atoms with Crippen LogP contribution in [0.25, 0.3) is 0 Å². The summed E-state index contributed by atoms with van der Waals surface area (Å²) in [5.74, 6) is 0.629. The summed E-state index contributed by atoms with van der Waals surface area (Å²) in [6.45, 7) is 5.91. The lowest BCUT2D eigenvalue weighted by molar-refractivity contribution is 0.111. The van der Waals surface area contributed by atoms with Gasteiger partial charge in [-0.1, -0.05) is 13.8 Å². The van der Waals surface area contributed by atoms with E-state index in [9.17, 15) is 0 Å². The molecule has 3 nitrogen and oxygen atoms in total. The maximum absolute atomic E-state index is 5.77. The van der Waals surface area contributed by atoms with E-state index in [0.29, 0.717) is 12.5 Å². The van der Waals surface area contributed by atoms with E-state index in [1.54, 1.807) is 11.3 Å². The van der Waals surface area contributed by atoms with Gasteiger partial charge in [-0.05, 0) is 25.2 Å². The Morgan fingerprint density at radius 2 is 2.38 bits per heavy atom. The molecule has 0 aliphatic carbocycles.